The molecule has 1 aromatic carbocycles. The van der Waals surface area contributed by atoms with Crippen molar-refractivity contribution in [1.29, 1.82) is 0 Å². The first kappa shape index (κ1) is 14.7. The van der Waals surface area contributed by atoms with Crippen molar-refractivity contribution in [3.8, 4) is 11.5 Å². The molecule has 1 aromatic rings. The van der Waals surface area contributed by atoms with Crippen molar-refractivity contribution in [2.24, 2.45) is 0 Å². The summed E-state index contributed by atoms with van der Waals surface area (Å²) in [5.74, 6) is 1.78. The minimum absolute atomic E-state index is 0.603. The van der Waals surface area contributed by atoms with Crippen LogP contribution in [-0.2, 0) is 6.54 Å². The average Bonchev–Trinajstić information content (AvgIpc) is 2.95. The molecule has 0 aliphatic carbocycles. The maximum Gasteiger partial charge on any atom is 0.127 e. The minimum atomic E-state index is 0.603. The monoisotopic (exact) mass is 290 g/mol. The van der Waals surface area contributed by atoms with Gasteiger partial charge in [-0.15, -0.1) is 0 Å². The fourth-order valence-corrected chi connectivity index (χ4v) is 3.67. The van der Waals surface area contributed by atoms with Crippen LogP contribution >= 0.6 is 0 Å². The number of nitrogens with zero attached hydrogens (tertiary/aromatic N) is 2. The molecule has 4 heteroatoms. The van der Waals surface area contributed by atoms with E-state index in [0.717, 1.165) is 24.1 Å². The highest BCUT2D eigenvalue weighted by molar-refractivity contribution is 5.40. The molecule has 2 saturated heterocycles. The summed E-state index contributed by atoms with van der Waals surface area (Å²) in [5, 5.41) is 0. The van der Waals surface area contributed by atoms with E-state index in [2.05, 4.69) is 22.8 Å². The predicted octanol–water partition coefficient (Wildman–Crippen LogP) is 2.37. The highest BCUT2D eigenvalue weighted by Gasteiger charge is 2.34. The summed E-state index contributed by atoms with van der Waals surface area (Å²) in [4.78, 5) is 5.25. The van der Waals surface area contributed by atoms with Gasteiger partial charge in [0.15, 0.2) is 0 Å². The van der Waals surface area contributed by atoms with E-state index in [1.165, 1.54) is 38.0 Å². The van der Waals surface area contributed by atoms with Crippen LogP contribution in [0.15, 0.2) is 18.2 Å². The summed E-state index contributed by atoms with van der Waals surface area (Å²) in [5.41, 5.74) is 1.25. The maximum atomic E-state index is 5.53. The van der Waals surface area contributed by atoms with Crippen molar-refractivity contribution in [3.05, 3.63) is 23.8 Å². The zero-order chi connectivity index (χ0) is 14.8. The second-order valence-electron chi connectivity index (χ2n) is 6.25. The first-order valence-corrected chi connectivity index (χ1v) is 7.90. The molecule has 2 fully saturated rings. The molecule has 2 aliphatic rings. The van der Waals surface area contributed by atoms with Crippen molar-refractivity contribution in [3.63, 3.8) is 0 Å². The van der Waals surface area contributed by atoms with E-state index in [1.807, 2.05) is 12.1 Å². The molecule has 0 radical (unpaired) electrons. The second-order valence-corrected chi connectivity index (χ2v) is 6.25. The molecule has 0 spiro atoms. The molecule has 2 atom stereocenters. The van der Waals surface area contributed by atoms with Crippen LogP contribution in [0.3, 0.4) is 0 Å². The van der Waals surface area contributed by atoms with Crippen LogP contribution in [0.25, 0.3) is 0 Å². The van der Waals surface area contributed by atoms with Gasteiger partial charge in [-0.25, -0.2) is 0 Å². The van der Waals surface area contributed by atoms with Gasteiger partial charge in [0.25, 0.3) is 0 Å². The van der Waals surface area contributed by atoms with Crippen LogP contribution in [0.4, 0.5) is 0 Å². The fourth-order valence-electron chi connectivity index (χ4n) is 3.67. The van der Waals surface area contributed by atoms with Crippen molar-refractivity contribution in [2.75, 3.05) is 33.9 Å². The standard InChI is InChI=1S/C17H26N2O2/c1-13-10-18-8-4-5-15(18)12-19(13)11-14-6-7-16(20-2)9-17(14)21-3/h6-7,9,13,15H,4-5,8,10-12H2,1-3H3. The molecule has 0 N–H and O–H groups in total. The predicted molar refractivity (Wildman–Crippen MR) is 84.0 cm³/mol. The molecular formula is C17H26N2O2. The summed E-state index contributed by atoms with van der Waals surface area (Å²) in [6, 6.07) is 7.49. The van der Waals surface area contributed by atoms with Crippen molar-refractivity contribution in [2.45, 2.75) is 38.4 Å². The molecule has 2 unspecified atom stereocenters. The Labute approximate surface area is 127 Å². The molecule has 0 bridgehead atoms. The van der Waals surface area contributed by atoms with E-state index >= 15 is 0 Å². The summed E-state index contributed by atoms with van der Waals surface area (Å²) < 4.78 is 10.8. The number of piperazine rings is 1. The fraction of sp³-hybridized carbons (Fsp3) is 0.647. The highest BCUT2D eigenvalue weighted by Crippen LogP contribution is 2.29. The Morgan fingerprint density at radius 1 is 1.19 bits per heavy atom. The molecule has 0 aromatic heterocycles. The van der Waals surface area contributed by atoms with Gasteiger partial charge in [0.05, 0.1) is 14.2 Å². The van der Waals surface area contributed by atoms with Gasteiger partial charge in [-0.05, 0) is 32.4 Å². The van der Waals surface area contributed by atoms with Gasteiger partial charge in [-0.1, -0.05) is 6.07 Å². The average molecular weight is 290 g/mol. The van der Waals surface area contributed by atoms with Crippen molar-refractivity contribution < 1.29 is 9.47 Å². The van der Waals surface area contributed by atoms with Crippen molar-refractivity contribution >= 4 is 0 Å². The minimum Gasteiger partial charge on any atom is -0.497 e. The number of ether oxygens (including phenoxy) is 2. The molecular weight excluding hydrogens is 264 g/mol. The lowest BCUT2D eigenvalue weighted by Gasteiger charge is -2.42. The van der Waals surface area contributed by atoms with Crippen LogP contribution < -0.4 is 9.47 Å². The lowest BCUT2D eigenvalue weighted by Crippen LogP contribution is -2.54. The summed E-state index contributed by atoms with van der Waals surface area (Å²) in [6.45, 7) is 6.96. The zero-order valence-electron chi connectivity index (χ0n) is 13.3. The SMILES string of the molecule is COc1ccc(CN2CC3CCCN3CC2C)c(OC)c1. The van der Waals surface area contributed by atoms with Gasteiger partial charge >= 0.3 is 0 Å². The van der Waals surface area contributed by atoms with Crippen LogP contribution in [0.1, 0.15) is 25.3 Å². The van der Waals surface area contributed by atoms with E-state index in [0.29, 0.717) is 6.04 Å². The van der Waals surface area contributed by atoms with Crippen LogP contribution in [0.2, 0.25) is 0 Å². The Morgan fingerprint density at radius 3 is 2.81 bits per heavy atom. The third-order valence-electron chi connectivity index (χ3n) is 4.93. The number of hydrogen-bond acceptors (Lipinski definition) is 4. The molecule has 0 saturated carbocycles. The smallest absolute Gasteiger partial charge is 0.127 e. The Morgan fingerprint density at radius 2 is 2.05 bits per heavy atom. The first-order valence-electron chi connectivity index (χ1n) is 7.90. The number of benzene rings is 1. The van der Waals surface area contributed by atoms with Gasteiger partial charge in [0.2, 0.25) is 0 Å². The maximum absolute atomic E-state index is 5.53. The Balaban J connectivity index is 1.73. The molecule has 2 heterocycles. The number of methoxy groups -OCH3 is 2. The third-order valence-corrected chi connectivity index (χ3v) is 4.93. The Kier molecular flexibility index (Phi) is 4.36. The molecule has 4 nitrogen and oxygen atoms in total. The van der Waals surface area contributed by atoms with Gasteiger partial charge in [-0.2, -0.15) is 0 Å². The van der Waals surface area contributed by atoms with E-state index in [9.17, 15) is 0 Å². The lowest BCUT2D eigenvalue weighted by molar-refractivity contribution is 0.0535. The molecule has 116 valence electrons. The van der Waals surface area contributed by atoms with Crippen molar-refractivity contribution in [1.82, 2.24) is 9.80 Å². The number of hydrogen-bond donors (Lipinski definition) is 0. The Hall–Kier alpha value is -1.26. The highest BCUT2D eigenvalue weighted by atomic mass is 16.5. The van der Waals surface area contributed by atoms with E-state index < -0.39 is 0 Å². The topological polar surface area (TPSA) is 24.9 Å². The quantitative estimate of drug-likeness (QED) is 0.850. The normalized spacial score (nSPS) is 26.6. The zero-order valence-corrected chi connectivity index (χ0v) is 13.3. The number of fused-ring (bicyclic) bond motifs is 1. The van der Waals surface area contributed by atoms with E-state index in [-0.39, 0.29) is 0 Å². The van der Waals surface area contributed by atoms with Gasteiger partial charge in [0.1, 0.15) is 11.5 Å². The van der Waals surface area contributed by atoms with E-state index in [4.69, 9.17) is 9.47 Å². The van der Waals surface area contributed by atoms with Gasteiger partial charge in [0, 0.05) is 43.3 Å². The largest absolute Gasteiger partial charge is 0.497 e. The van der Waals surface area contributed by atoms with E-state index in [1.54, 1.807) is 14.2 Å². The van der Waals surface area contributed by atoms with Crippen LogP contribution in [0.5, 0.6) is 11.5 Å². The van der Waals surface area contributed by atoms with Gasteiger partial charge < -0.3 is 9.47 Å². The Bertz CT molecular complexity index is 492. The summed E-state index contributed by atoms with van der Waals surface area (Å²) in [7, 11) is 3.42. The molecule has 21 heavy (non-hydrogen) atoms. The molecule has 0 amide bonds. The molecule has 2 aliphatic heterocycles. The van der Waals surface area contributed by atoms with Gasteiger partial charge in [-0.3, -0.25) is 9.80 Å². The molecule has 3 rings (SSSR count). The first-order chi connectivity index (χ1) is 10.2. The second kappa shape index (κ2) is 6.24. The van der Waals surface area contributed by atoms with Crippen LogP contribution in [0, 0.1) is 0 Å². The lowest BCUT2D eigenvalue weighted by atomic mass is 10.1. The summed E-state index contributed by atoms with van der Waals surface area (Å²) >= 11 is 0. The van der Waals surface area contributed by atoms with Crippen LogP contribution in [-0.4, -0.2) is 55.7 Å². The number of rotatable bonds is 4. The third kappa shape index (κ3) is 3.01. The summed E-state index contributed by atoms with van der Waals surface area (Å²) in [6.07, 6.45) is 2.71.